The summed E-state index contributed by atoms with van der Waals surface area (Å²) >= 11 is 0. The third-order valence-corrected chi connectivity index (χ3v) is 6.94. The summed E-state index contributed by atoms with van der Waals surface area (Å²) in [6.07, 6.45) is 1.50. The van der Waals surface area contributed by atoms with Gasteiger partial charge in [-0.3, -0.25) is 9.10 Å². The maximum absolute atomic E-state index is 13.7. The zero-order valence-electron chi connectivity index (χ0n) is 17.5. The SMILES string of the molecule is C=CCN1c2ccccc2C(c2ccccc2)=C(C(=O)Nc2cccc(OC)c2)S1(=O)=O. The fourth-order valence-electron chi connectivity index (χ4n) is 3.72. The molecule has 1 amide bonds. The molecule has 0 radical (unpaired) electrons. The average Bonchev–Trinajstić information content (AvgIpc) is 2.81. The molecule has 4 rings (SSSR count). The first kappa shape index (κ1) is 21.4. The molecular formula is C25H22N2O4S. The number of amides is 1. The maximum Gasteiger partial charge on any atom is 0.270 e. The lowest BCUT2D eigenvalue weighted by molar-refractivity contribution is -0.112. The van der Waals surface area contributed by atoms with Gasteiger partial charge in [0.05, 0.1) is 19.3 Å². The third kappa shape index (κ3) is 3.78. The first-order chi connectivity index (χ1) is 15.5. The Morgan fingerprint density at radius 2 is 1.75 bits per heavy atom. The summed E-state index contributed by atoms with van der Waals surface area (Å²) in [5, 5.41) is 2.73. The van der Waals surface area contributed by atoms with Crippen molar-refractivity contribution in [1.29, 1.82) is 0 Å². The van der Waals surface area contributed by atoms with E-state index in [2.05, 4.69) is 11.9 Å². The molecule has 0 saturated carbocycles. The number of hydrogen-bond donors (Lipinski definition) is 1. The topological polar surface area (TPSA) is 75.7 Å². The molecule has 0 unspecified atom stereocenters. The van der Waals surface area contributed by atoms with E-state index >= 15 is 0 Å². The van der Waals surface area contributed by atoms with Gasteiger partial charge in [-0.05, 0) is 23.8 Å². The minimum atomic E-state index is -4.17. The molecule has 0 aliphatic carbocycles. The summed E-state index contributed by atoms with van der Waals surface area (Å²) in [4.78, 5) is 13.2. The van der Waals surface area contributed by atoms with Gasteiger partial charge in [-0.25, -0.2) is 8.42 Å². The zero-order valence-corrected chi connectivity index (χ0v) is 18.3. The Hall–Kier alpha value is -3.84. The van der Waals surface area contributed by atoms with Crippen LogP contribution in [0.15, 0.2) is 96.4 Å². The summed E-state index contributed by atoms with van der Waals surface area (Å²) in [5.74, 6) is -0.175. The van der Waals surface area contributed by atoms with Crippen molar-refractivity contribution in [3.8, 4) is 5.75 Å². The molecule has 7 heteroatoms. The number of hydrogen-bond acceptors (Lipinski definition) is 4. The summed E-state index contributed by atoms with van der Waals surface area (Å²) in [5.41, 5.74) is 2.59. The van der Waals surface area contributed by atoms with Crippen LogP contribution in [-0.4, -0.2) is 28.0 Å². The van der Waals surface area contributed by atoms with Crippen molar-refractivity contribution in [3.63, 3.8) is 0 Å². The zero-order chi connectivity index (χ0) is 22.7. The third-order valence-electron chi connectivity index (χ3n) is 5.11. The summed E-state index contributed by atoms with van der Waals surface area (Å²) in [6.45, 7) is 3.73. The number of anilines is 2. The lowest BCUT2D eigenvalue weighted by Gasteiger charge is -2.32. The number of para-hydroxylation sites is 1. The summed E-state index contributed by atoms with van der Waals surface area (Å²) < 4.78 is 33.9. The van der Waals surface area contributed by atoms with E-state index in [4.69, 9.17) is 4.74 Å². The van der Waals surface area contributed by atoms with Crippen molar-refractivity contribution in [2.45, 2.75) is 0 Å². The quantitative estimate of drug-likeness (QED) is 0.569. The predicted molar refractivity (Wildman–Crippen MR) is 127 cm³/mol. The Morgan fingerprint density at radius 1 is 1.03 bits per heavy atom. The van der Waals surface area contributed by atoms with Crippen molar-refractivity contribution in [2.75, 3.05) is 23.3 Å². The van der Waals surface area contributed by atoms with Crippen LogP contribution in [0.25, 0.3) is 5.57 Å². The average molecular weight is 447 g/mol. The molecule has 0 aromatic heterocycles. The van der Waals surface area contributed by atoms with Crippen LogP contribution >= 0.6 is 0 Å². The second-order valence-electron chi connectivity index (χ2n) is 7.10. The van der Waals surface area contributed by atoms with Crippen molar-refractivity contribution in [3.05, 3.63) is 108 Å². The van der Waals surface area contributed by atoms with Gasteiger partial charge in [-0.2, -0.15) is 0 Å². The number of carbonyl (C=O) groups excluding carboxylic acids is 1. The number of carbonyl (C=O) groups is 1. The molecule has 3 aromatic carbocycles. The minimum Gasteiger partial charge on any atom is -0.497 e. The van der Waals surface area contributed by atoms with E-state index in [9.17, 15) is 13.2 Å². The number of benzene rings is 3. The first-order valence-corrected chi connectivity index (χ1v) is 11.4. The number of methoxy groups -OCH3 is 1. The van der Waals surface area contributed by atoms with Gasteiger partial charge in [0.2, 0.25) is 0 Å². The van der Waals surface area contributed by atoms with Crippen LogP contribution in [0.1, 0.15) is 11.1 Å². The molecule has 0 fully saturated rings. The van der Waals surface area contributed by atoms with E-state index in [1.807, 2.05) is 30.3 Å². The van der Waals surface area contributed by atoms with Crippen LogP contribution in [0.5, 0.6) is 5.75 Å². The van der Waals surface area contributed by atoms with Crippen LogP contribution in [0.3, 0.4) is 0 Å². The lowest BCUT2D eigenvalue weighted by Crippen LogP contribution is -2.39. The Morgan fingerprint density at radius 3 is 2.47 bits per heavy atom. The van der Waals surface area contributed by atoms with Gasteiger partial charge in [0.1, 0.15) is 5.75 Å². The molecule has 3 aromatic rings. The normalized spacial score (nSPS) is 14.5. The number of rotatable bonds is 6. The number of sulfonamides is 1. The second-order valence-corrected chi connectivity index (χ2v) is 8.90. The highest BCUT2D eigenvalue weighted by Crippen LogP contribution is 2.42. The van der Waals surface area contributed by atoms with E-state index < -0.39 is 15.9 Å². The minimum absolute atomic E-state index is 0.0390. The van der Waals surface area contributed by atoms with E-state index in [1.54, 1.807) is 48.5 Å². The van der Waals surface area contributed by atoms with Gasteiger partial charge in [0, 0.05) is 22.9 Å². The Balaban J connectivity index is 1.96. The molecule has 0 saturated heterocycles. The monoisotopic (exact) mass is 446 g/mol. The van der Waals surface area contributed by atoms with Crippen LogP contribution in [0.2, 0.25) is 0 Å². The highest BCUT2D eigenvalue weighted by molar-refractivity contribution is 7.97. The fraction of sp³-hybridized carbons (Fsp3) is 0.0800. The molecule has 1 aliphatic rings. The molecule has 0 atom stereocenters. The van der Waals surface area contributed by atoms with Gasteiger partial charge >= 0.3 is 0 Å². The number of ether oxygens (including phenoxy) is 1. The number of nitrogens with one attached hydrogen (secondary N) is 1. The molecule has 32 heavy (non-hydrogen) atoms. The maximum atomic E-state index is 13.7. The molecule has 1 aliphatic heterocycles. The lowest BCUT2D eigenvalue weighted by atomic mass is 9.95. The van der Waals surface area contributed by atoms with Gasteiger partial charge in [0.15, 0.2) is 4.91 Å². The Kier molecular flexibility index (Phi) is 5.83. The van der Waals surface area contributed by atoms with Gasteiger partial charge in [0.25, 0.3) is 15.9 Å². The van der Waals surface area contributed by atoms with Crippen molar-refractivity contribution in [2.24, 2.45) is 0 Å². The highest BCUT2D eigenvalue weighted by Gasteiger charge is 2.40. The van der Waals surface area contributed by atoms with Gasteiger partial charge in [-0.1, -0.05) is 60.7 Å². The second kappa shape index (κ2) is 8.72. The molecule has 6 nitrogen and oxygen atoms in total. The molecule has 1 N–H and O–H groups in total. The molecule has 162 valence electrons. The number of nitrogens with zero attached hydrogens (tertiary/aromatic N) is 1. The van der Waals surface area contributed by atoms with Crippen molar-refractivity contribution in [1.82, 2.24) is 0 Å². The first-order valence-electron chi connectivity index (χ1n) is 9.95. The van der Waals surface area contributed by atoms with Gasteiger partial charge in [-0.15, -0.1) is 6.58 Å². The Labute approximate surface area is 187 Å². The van der Waals surface area contributed by atoms with E-state index in [-0.39, 0.29) is 11.4 Å². The van der Waals surface area contributed by atoms with Crippen molar-refractivity contribution < 1.29 is 17.9 Å². The summed E-state index contributed by atoms with van der Waals surface area (Å²) in [7, 11) is -2.65. The predicted octanol–water partition coefficient (Wildman–Crippen LogP) is 4.43. The molecule has 0 spiro atoms. The fourth-order valence-corrected chi connectivity index (χ4v) is 5.43. The largest absolute Gasteiger partial charge is 0.497 e. The van der Waals surface area contributed by atoms with E-state index in [0.717, 1.165) is 0 Å². The molecular weight excluding hydrogens is 424 g/mol. The van der Waals surface area contributed by atoms with Gasteiger partial charge < -0.3 is 10.1 Å². The molecule has 0 bridgehead atoms. The van der Waals surface area contributed by atoms with Crippen LogP contribution in [0, 0.1) is 0 Å². The van der Waals surface area contributed by atoms with E-state index in [1.165, 1.54) is 17.5 Å². The van der Waals surface area contributed by atoms with Crippen LogP contribution in [0.4, 0.5) is 11.4 Å². The van der Waals surface area contributed by atoms with Crippen LogP contribution in [-0.2, 0) is 14.8 Å². The smallest absolute Gasteiger partial charge is 0.270 e. The summed E-state index contributed by atoms with van der Waals surface area (Å²) in [6, 6.07) is 23.0. The molecule has 1 heterocycles. The van der Waals surface area contributed by atoms with Crippen molar-refractivity contribution >= 4 is 32.9 Å². The van der Waals surface area contributed by atoms with Crippen LogP contribution < -0.4 is 14.4 Å². The van der Waals surface area contributed by atoms with E-state index in [0.29, 0.717) is 33.8 Å². The Bertz CT molecular complexity index is 1310. The standard InChI is InChI=1S/C25H22N2O4S/c1-3-16-27-22-15-8-7-14-21(22)23(18-10-5-4-6-11-18)24(32(27,29)30)25(28)26-19-12-9-13-20(17-19)31-2/h3-15,17H,1,16H2,2H3,(H,26,28). The number of fused-ring (bicyclic) bond motifs is 1. The highest BCUT2D eigenvalue weighted by atomic mass is 32.2.